The molecule has 1 aliphatic rings. The number of rotatable bonds is 1. The molecule has 0 radical (unpaired) electrons. The fourth-order valence-electron chi connectivity index (χ4n) is 2.38. The average Bonchev–Trinajstić information content (AvgIpc) is 2.61. The van der Waals surface area contributed by atoms with Gasteiger partial charge in [0.1, 0.15) is 6.10 Å². The standard InChI is InChI=1S/C16H19Cl2NO4/c1-16(2,3)13-8-19(15(21)22)7-12(20)14(23-13)9-4-5-10(17)11(18)6-9/h4-6,13-14H,7-8H2,1-3H3,(H,21,22)/t13-,14-/m1/s1. The Hall–Kier alpha value is -1.30. The fourth-order valence-corrected chi connectivity index (χ4v) is 2.69. The number of carbonyl (C=O) groups excluding carboxylic acids is 1. The molecule has 0 bridgehead atoms. The number of benzene rings is 1. The third kappa shape index (κ3) is 4.16. The van der Waals surface area contributed by atoms with Gasteiger partial charge in [-0.2, -0.15) is 0 Å². The highest BCUT2D eigenvalue weighted by Crippen LogP contribution is 2.34. The van der Waals surface area contributed by atoms with Crippen LogP contribution in [0, 0.1) is 5.41 Å². The third-order valence-corrected chi connectivity index (χ3v) is 4.55. The number of halogens is 2. The van der Waals surface area contributed by atoms with Crippen LogP contribution >= 0.6 is 23.2 Å². The molecule has 23 heavy (non-hydrogen) atoms. The Morgan fingerprint density at radius 1 is 1.30 bits per heavy atom. The SMILES string of the molecule is CC(C)(C)[C@H]1CN(C(=O)O)CC(=O)[C@@H](c2ccc(Cl)c(Cl)c2)O1. The van der Waals surface area contributed by atoms with E-state index in [2.05, 4.69) is 0 Å². The second kappa shape index (κ2) is 6.67. The van der Waals surface area contributed by atoms with E-state index in [0.717, 1.165) is 4.90 Å². The normalized spacial score (nSPS) is 22.8. The quantitative estimate of drug-likeness (QED) is 0.821. The van der Waals surface area contributed by atoms with E-state index in [-0.39, 0.29) is 24.3 Å². The van der Waals surface area contributed by atoms with Crippen molar-refractivity contribution in [3.8, 4) is 0 Å². The molecule has 1 aromatic rings. The summed E-state index contributed by atoms with van der Waals surface area (Å²) in [6, 6.07) is 4.86. The van der Waals surface area contributed by atoms with E-state index in [9.17, 15) is 14.7 Å². The lowest BCUT2D eigenvalue weighted by molar-refractivity contribution is -0.135. The lowest BCUT2D eigenvalue weighted by Crippen LogP contribution is -2.42. The molecule has 0 unspecified atom stereocenters. The third-order valence-electron chi connectivity index (χ3n) is 3.81. The highest BCUT2D eigenvalue weighted by atomic mass is 35.5. The number of carboxylic acid groups (broad SMARTS) is 1. The molecule has 1 aromatic carbocycles. The van der Waals surface area contributed by atoms with Crippen LogP contribution in [0.4, 0.5) is 4.79 Å². The van der Waals surface area contributed by atoms with Gasteiger partial charge in [-0.25, -0.2) is 4.79 Å². The van der Waals surface area contributed by atoms with Crippen molar-refractivity contribution in [2.24, 2.45) is 5.41 Å². The molecular weight excluding hydrogens is 341 g/mol. The lowest BCUT2D eigenvalue weighted by Gasteiger charge is -2.33. The summed E-state index contributed by atoms with van der Waals surface area (Å²) in [5.74, 6) is -0.322. The molecule has 0 saturated carbocycles. The van der Waals surface area contributed by atoms with E-state index < -0.39 is 18.3 Å². The van der Waals surface area contributed by atoms with Crippen LogP contribution in [0.2, 0.25) is 10.0 Å². The van der Waals surface area contributed by atoms with Crippen LogP contribution in [-0.2, 0) is 9.53 Å². The van der Waals surface area contributed by atoms with Gasteiger partial charge < -0.3 is 9.84 Å². The monoisotopic (exact) mass is 359 g/mol. The zero-order valence-corrected chi connectivity index (χ0v) is 14.7. The van der Waals surface area contributed by atoms with Gasteiger partial charge in [-0.1, -0.05) is 50.0 Å². The fraction of sp³-hybridized carbons (Fsp3) is 0.500. The van der Waals surface area contributed by atoms with Gasteiger partial charge in [0, 0.05) is 0 Å². The Morgan fingerprint density at radius 2 is 1.96 bits per heavy atom. The Labute approximate surface area is 145 Å². The van der Waals surface area contributed by atoms with Crippen LogP contribution in [0.1, 0.15) is 32.4 Å². The minimum atomic E-state index is -1.13. The summed E-state index contributed by atoms with van der Waals surface area (Å²) in [7, 11) is 0. The Balaban J connectivity index is 2.39. The molecule has 2 rings (SSSR count). The molecule has 0 spiro atoms. The van der Waals surface area contributed by atoms with Crippen molar-refractivity contribution in [1.29, 1.82) is 0 Å². The molecule has 1 saturated heterocycles. The van der Waals surface area contributed by atoms with E-state index in [4.69, 9.17) is 27.9 Å². The average molecular weight is 360 g/mol. The van der Waals surface area contributed by atoms with Crippen LogP contribution in [0.15, 0.2) is 18.2 Å². The first kappa shape index (κ1) is 18.0. The number of ether oxygens (including phenoxy) is 1. The van der Waals surface area contributed by atoms with Crippen LogP contribution in [0.5, 0.6) is 0 Å². The smallest absolute Gasteiger partial charge is 0.407 e. The molecule has 126 valence electrons. The summed E-state index contributed by atoms with van der Waals surface area (Å²) in [5.41, 5.74) is 0.248. The van der Waals surface area contributed by atoms with Gasteiger partial charge in [-0.3, -0.25) is 9.69 Å². The first-order chi connectivity index (χ1) is 10.6. The molecule has 1 N–H and O–H groups in total. The molecule has 0 aliphatic carbocycles. The highest BCUT2D eigenvalue weighted by Gasteiger charge is 2.38. The maximum absolute atomic E-state index is 12.5. The van der Waals surface area contributed by atoms with Crippen LogP contribution in [0.3, 0.4) is 0 Å². The maximum atomic E-state index is 12.5. The highest BCUT2D eigenvalue weighted by molar-refractivity contribution is 6.42. The summed E-state index contributed by atoms with van der Waals surface area (Å²) in [4.78, 5) is 24.9. The molecule has 1 fully saturated rings. The largest absolute Gasteiger partial charge is 0.465 e. The Bertz CT molecular complexity index is 627. The van der Waals surface area contributed by atoms with E-state index in [1.807, 2.05) is 20.8 Å². The van der Waals surface area contributed by atoms with Crippen molar-refractivity contribution < 1.29 is 19.4 Å². The van der Waals surface area contributed by atoms with Crippen molar-refractivity contribution in [1.82, 2.24) is 4.90 Å². The number of amides is 1. The predicted octanol–water partition coefficient (Wildman–Crippen LogP) is 4.03. The number of hydrogen-bond donors (Lipinski definition) is 1. The van der Waals surface area contributed by atoms with Gasteiger partial charge >= 0.3 is 6.09 Å². The minimum absolute atomic E-state index is 0.141. The van der Waals surface area contributed by atoms with E-state index in [1.165, 1.54) is 0 Å². The van der Waals surface area contributed by atoms with Crippen LogP contribution in [-0.4, -0.2) is 41.1 Å². The molecule has 1 heterocycles. The molecule has 7 heteroatoms. The summed E-state index contributed by atoms with van der Waals surface area (Å²) in [6.45, 7) is 5.76. The number of hydrogen-bond acceptors (Lipinski definition) is 3. The first-order valence-corrected chi connectivity index (χ1v) is 7.96. The summed E-state index contributed by atoms with van der Waals surface area (Å²) >= 11 is 11.9. The molecular formula is C16H19Cl2NO4. The topological polar surface area (TPSA) is 66.8 Å². The first-order valence-electron chi connectivity index (χ1n) is 7.20. The number of ketones is 1. The molecule has 5 nitrogen and oxygen atoms in total. The number of Topliss-reactive ketones (excluding diaryl/α,β-unsaturated/α-hetero) is 1. The maximum Gasteiger partial charge on any atom is 0.407 e. The van der Waals surface area contributed by atoms with Gasteiger partial charge in [0.15, 0.2) is 5.78 Å². The van der Waals surface area contributed by atoms with E-state index in [1.54, 1.807) is 18.2 Å². The van der Waals surface area contributed by atoms with Crippen molar-refractivity contribution >= 4 is 35.1 Å². The summed E-state index contributed by atoms with van der Waals surface area (Å²) < 4.78 is 5.99. The second-order valence-corrected chi connectivity index (χ2v) is 7.49. The van der Waals surface area contributed by atoms with Crippen LogP contribution < -0.4 is 0 Å². The van der Waals surface area contributed by atoms with Crippen molar-refractivity contribution in [3.63, 3.8) is 0 Å². The van der Waals surface area contributed by atoms with Gasteiger partial charge in [-0.15, -0.1) is 0 Å². The Kier molecular flexibility index (Phi) is 5.23. The second-order valence-electron chi connectivity index (χ2n) is 6.67. The van der Waals surface area contributed by atoms with Crippen LogP contribution in [0.25, 0.3) is 0 Å². The van der Waals surface area contributed by atoms with Gasteiger partial charge in [-0.05, 0) is 23.1 Å². The van der Waals surface area contributed by atoms with Gasteiger partial charge in [0.2, 0.25) is 0 Å². The van der Waals surface area contributed by atoms with Gasteiger partial charge in [0.25, 0.3) is 0 Å². The van der Waals surface area contributed by atoms with E-state index in [0.29, 0.717) is 15.6 Å². The van der Waals surface area contributed by atoms with Gasteiger partial charge in [0.05, 0.1) is 29.2 Å². The summed E-state index contributed by atoms with van der Waals surface area (Å²) in [6.07, 6.45) is -2.42. The molecule has 1 aliphatic heterocycles. The molecule has 0 aromatic heterocycles. The van der Waals surface area contributed by atoms with E-state index >= 15 is 0 Å². The van der Waals surface area contributed by atoms with Crippen molar-refractivity contribution in [2.75, 3.05) is 13.1 Å². The van der Waals surface area contributed by atoms with Crippen molar-refractivity contribution in [2.45, 2.75) is 33.0 Å². The predicted molar refractivity (Wildman–Crippen MR) is 88.1 cm³/mol. The molecule has 2 atom stereocenters. The lowest BCUT2D eigenvalue weighted by atomic mass is 9.88. The van der Waals surface area contributed by atoms with Crippen molar-refractivity contribution in [3.05, 3.63) is 33.8 Å². The molecule has 1 amide bonds. The minimum Gasteiger partial charge on any atom is -0.465 e. The zero-order valence-electron chi connectivity index (χ0n) is 13.2. The number of nitrogens with zero attached hydrogens (tertiary/aromatic N) is 1. The Morgan fingerprint density at radius 3 is 2.48 bits per heavy atom. The zero-order chi connectivity index (χ0) is 17.4. The summed E-state index contributed by atoms with van der Waals surface area (Å²) in [5, 5.41) is 9.99. The number of carbonyl (C=O) groups is 2.